The quantitative estimate of drug-likeness (QED) is 0.386. The van der Waals surface area contributed by atoms with Gasteiger partial charge in [-0.05, 0) is 45.7 Å². The number of pyridine rings is 2. The zero-order chi connectivity index (χ0) is 26.8. The molecule has 0 unspecified atom stereocenters. The van der Waals surface area contributed by atoms with E-state index < -0.39 is 17.2 Å². The number of hydrogen-bond acceptors (Lipinski definition) is 7. The number of aryl methyl sites for hydroxylation is 1. The second kappa shape index (κ2) is 8.55. The summed E-state index contributed by atoms with van der Waals surface area (Å²) in [6.07, 6.45) is 5.56. The van der Waals surface area contributed by atoms with E-state index in [1.807, 2.05) is 31.7 Å². The second-order valence-electron chi connectivity index (χ2n) is 11.4. The normalized spacial score (nSPS) is 17.7. The van der Waals surface area contributed by atoms with Crippen molar-refractivity contribution in [3.05, 3.63) is 47.7 Å². The van der Waals surface area contributed by atoms with Gasteiger partial charge in [0.2, 0.25) is 5.95 Å². The monoisotopic (exact) mass is 517 g/mol. The number of nitrogens with zero attached hydrogens (tertiary/aromatic N) is 9. The zero-order valence-corrected chi connectivity index (χ0v) is 21.9. The van der Waals surface area contributed by atoms with Gasteiger partial charge in [0.05, 0.1) is 27.9 Å². The van der Waals surface area contributed by atoms with Gasteiger partial charge in [0, 0.05) is 56.4 Å². The lowest BCUT2D eigenvalue weighted by Crippen LogP contribution is -2.42. The Morgan fingerprint density at radius 3 is 2.50 bits per heavy atom. The van der Waals surface area contributed by atoms with Crippen LogP contribution in [0.25, 0.3) is 22.3 Å². The summed E-state index contributed by atoms with van der Waals surface area (Å²) in [6.45, 7) is 6.36. The van der Waals surface area contributed by atoms with E-state index in [1.165, 1.54) is 11.0 Å². The average molecular weight is 518 g/mol. The molecule has 0 atom stereocenters. The number of nitriles is 1. The first kappa shape index (κ1) is 24.4. The zero-order valence-electron chi connectivity index (χ0n) is 21.9. The van der Waals surface area contributed by atoms with Gasteiger partial charge >= 0.3 is 0 Å². The highest BCUT2D eigenvalue weighted by Crippen LogP contribution is 2.45. The van der Waals surface area contributed by atoms with E-state index in [0.717, 1.165) is 18.5 Å². The molecule has 1 saturated heterocycles. The molecule has 38 heavy (non-hydrogen) atoms. The number of rotatable bonds is 4. The second-order valence-corrected chi connectivity index (χ2v) is 11.4. The van der Waals surface area contributed by atoms with Crippen molar-refractivity contribution in [3.8, 4) is 17.3 Å². The smallest absolute Gasteiger partial charge is 0.221 e. The lowest BCUT2D eigenvalue weighted by Gasteiger charge is -2.38. The van der Waals surface area contributed by atoms with Crippen LogP contribution >= 0.6 is 0 Å². The molecule has 0 N–H and O–H groups in total. The molecule has 6 rings (SSSR count). The van der Waals surface area contributed by atoms with Crippen molar-refractivity contribution in [3.63, 3.8) is 0 Å². The summed E-state index contributed by atoms with van der Waals surface area (Å²) in [5.74, 6) is 0.148. The van der Waals surface area contributed by atoms with Crippen LogP contribution in [-0.4, -0.2) is 47.6 Å². The van der Waals surface area contributed by atoms with E-state index in [2.05, 4.69) is 26.3 Å². The van der Waals surface area contributed by atoms with E-state index >= 15 is 8.78 Å². The van der Waals surface area contributed by atoms with Gasteiger partial charge in [-0.15, -0.1) is 15.3 Å². The van der Waals surface area contributed by atoms with Gasteiger partial charge in [0.15, 0.2) is 17.1 Å². The van der Waals surface area contributed by atoms with Crippen LogP contribution in [0.2, 0.25) is 0 Å². The molecular formula is C27H29F2N9. The standard InChI is InChI=1S/C27H29F2N9/c1-26(2,3)38-23(28)19-11-18(14-31-24(19)35-38)21-22(17(13-30)12-20(33-21)16-5-6-16)37-9-7-27(29,8-10-37)25-34-32-15-36(25)4/h11-12,14-16H,5-10H2,1-4H3. The van der Waals surface area contributed by atoms with Gasteiger partial charge in [-0.25, -0.2) is 14.1 Å². The molecule has 4 aromatic rings. The molecule has 0 amide bonds. The molecule has 2 fully saturated rings. The Morgan fingerprint density at radius 2 is 1.89 bits per heavy atom. The Morgan fingerprint density at radius 1 is 1.16 bits per heavy atom. The van der Waals surface area contributed by atoms with E-state index in [-0.39, 0.29) is 12.8 Å². The number of alkyl halides is 1. The molecule has 1 aliphatic heterocycles. The third-order valence-corrected chi connectivity index (χ3v) is 7.49. The van der Waals surface area contributed by atoms with Crippen LogP contribution in [-0.2, 0) is 18.3 Å². The van der Waals surface area contributed by atoms with E-state index in [4.69, 9.17) is 4.98 Å². The highest BCUT2D eigenvalue weighted by atomic mass is 19.1. The summed E-state index contributed by atoms with van der Waals surface area (Å²) in [4.78, 5) is 11.4. The first-order chi connectivity index (χ1) is 18.1. The molecule has 11 heteroatoms. The molecule has 196 valence electrons. The van der Waals surface area contributed by atoms with Gasteiger partial charge < -0.3 is 9.47 Å². The predicted molar refractivity (Wildman–Crippen MR) is 138 cm³/mol. The van der Waals surface area contributed by atoms with Crippen LogP contribution in [0.3, 0.4) is 0 Å². The highest BCUT2D eigenvalue weighted by Gasteiger charge is 2.41. The topological polar surface area (TPSA) is 101 Å². The molecule has 4 aromatic heterocycles. The van der Waals surface area contributed by atoms with E-state index in [1.54, 1.807) is 23.9 Å². The first-order valence-electron chi connectivity index (χ1n) is 12.9. The fourth-order valence-electron chi connectivity index (χ4n) is 5.27. The van der Waals surface area contributed by atoms with Crippen LogP contribution < -0.4 is 4.90 Å². The van der Waals surface area contributed by atoms with Crippen molar-refractivity contribution in [2.24, 2.45) is 7.05 Å². The first-order valence-corrected chi connectivity index (χ1v) is 12.9. The summed E-state index contributed by atoms with van der Waals surface area (Å²) in [5, 5.41) is 22.7. The minimum atomic E-state index is -1.61. The molecule has 1 saturated carbocycles. The number of piperidine rings is 1. The van der Waals surface area contributed by atoms with E-state index in [9.17, 15) is 5.26 Å². The summed E-state index contributed by atoms with van der Waals surface area (Å²) in [7, 11) is 1.74. The van der Waals surface area contributed by atoms with Crippen LogP contribution in [0, 0.1) is 17.3 Å². The Labute approximate surface area is 219 Å². The fourth-order valence-corrected chi connectivity index (χ4v) is 5.27. The van der Waals surface area contributed by atoms with Gasteiger partial charge in [0.1, 0.15) is 12.4 Å². The largest absolute Gasteiger partial charge is 0.368 e. The van der Waals surface area contributed by atoms with Gasteiger partial charge in [-0.3, -0.25) is 4.98 Å². The van der Waals surface area contributed by atoms with Crippen LogP contribution in [0.15, 0.2) is 24.7 Å². The average Bonchev–Trinajstić information content (AvgIpc) is 3.56. The summed E-state index contributed by atoms with van der Waals surface area (Å²) >= 11 is 0. The molecule has 0 radical (unpaired) electrons. The Bertz CT molecular complexity index is 1580. The fraction of sp³-hybridized carbons (Fsp3) is 0.481. The Hall–Kier alpha value is -3.94. The highest BCUT2D eigenvalue weighted by molar-refractivity contribution is 5.86. The summed E-state index contributed by atoms with van der Waals surface area (Å²) in [6, 6.07) is 5.90. The van der Waals surface area contributed by atoms with Gasteiger partial charge in [-0.2, -0.15) is 9.65 Å². The van der Waals surface area contributed by atoms with Gasteiger partial charge in [-0.1, -0.05) is 0 Å². The van der Waals surface area contributed by atoms with Crippen molar-refractivity contribution in [1.82, 2.24) is 34.5 Å². The lowest BCUT2D eigenvalue weighted by atomic mass is 9.91. The van der Waals surface area contributed by atoms with Crippen molar-refractivity contribution in [2.45, 2.75) is 63.6 Å². The van der Waals surface area contributed by atoms with Crippen LogP contribution in [0.1, 0.15) is 69.5 Å². The maximum absolute atomic E-state index is 15.9. The molecule has 9 nitrogen and oxygen atoms in total. The minimum absolute atomic E-state index is 0.193. The Kier molecular flexibility index (Phi) is 5.49. The van der Waals surface area contributed by atoms with Crippen molar-refractivity contribution in [1.29, 1.82) is 5.26 Å². The third kappa shape index (κ3) is 3.99. The Balaban J connectivity index is 1.44. The molecule has 0 bridgehead atoms. The molecule has 5 heterocycles. The lowest BCUT2D eigenvalue weighted by molar-refractivity contribution is 0.109. The number of anilines is 1. The maximum Gasteiger partial charge on any atom is 0.221 e. The maximum atomic E-state index is 15.9. The van der Waals surface area contributed by atoms with Crippen molar-refractivity contribution < 1.29 is 8.78 Å². The number of hydrogen-bond donors (Lipinski definition) is 0. The number of aromatic nitrogens is 7. The predicted octanol–water partition coefficient (Wildman–Crippen LogP) is 4.73. The van der Waals surface area contributed by atoms with Gasteiger partial charge in [0.25, 0.3) is 0 Å². The minimum Gasteiger partial charge on any atom is -0.368 e. The molecule has 1 aliphatic carbocycles. The number of halogens is 2. The molecule has 2 aliphatic rings. The third-order valence-electron chi connectivity index (χ3n) is 7.49. The van der Waals surface area contributed by atoms with Crippen LogP contribution in [0.5, 0.6) is 0 Å². The number of fused-ring (bicyclic) bond motifs is 1. The van der Waals surface area contributed by atoms with Crippen LogP contribution in [0.4, 0.5) is 14.5 Å². The SMILES string of the molecule is Cn1cnnc1C1(F)CCN(c2c(C#N)cc(C3CC3)nc2-c2cnc3nn(C(C)(C)C)c(F)c3c2)CC1. The van der Waals surface area contributed by atoms with E-state index in [0.29, 0.717) is 58.4 Å². The van der Waals surface area contributed by atoms with Crippen molar-refractivity contribution in [2.75, 3.05) is 18.0 Å². The molecular weight excluding hydrogens is 488 g/mol. The summed E-state index contributed by atoms with van der Waals surface area (Å²) < 4.78 is 34.3. The summed E-state index contributed by atoms with van der Waals surface area (Å²) in [5.41, 5.74) is 1.27. The molecule has 0 spiro atoms. The molecule has 0 aromatic carbocycles. The van der Waals surface area contributed by atoms with Crippen molar-refractivity contribution >= 4 is 16.7 Å².